The number of nitrogens with one attached hydrogen (secondary N) is 2. The van der Waals surface area contributed by atoms with E-state index in [0.717, 1.165) is 0 Å². The zero-order valence-corrected chi connectivity index (χ0v) is 12.7. The molecule has 0 aliphatic rings. The summed E-state index contributed by atoms with van der Waals surface area (Å²) in [5.41, 5.74) is 0. The summed E-state index contributed by atoms with van der Waals surface area (Å²) in [6.45, 7) is 3.39. The Morgan fingerprint density at radius 2 is 2.21 bits per heavy atom. The number of carbonyl (C=O) groups is 3. The SMILES string of the molecule is C=CCNC(=O)NC(=O)COC(=O)c1ccc(Cn2cccn2)o1. The zero-order valence-electron chi connectivity index (χ0n) is 12.7. The highest BCUT2D eigenvalue weighted by atomic mass is 16.5. The fraction of sp³-hybridized carbons (Fsp3) is 0.200. The van der Waals surface area contributed by atoms with Crippen molar-refractivity contribution in [2.75, 3.05) is 13.2 Å². The first-order valence-electron chi connectivity index (χ1n) is 7.00. The quantitative estimate of drug-likeness (QED) is 0.569. The molecule has 3 amide bonds. The lowest BCUT2D eigenvalue weighted by molar-refractivity contribution is -0.123. The van der Waals surface area contributed by atoms with Gasteiger partial charge in [0, 0.05) is 18.9 Å². The predicted octanol–water partition coefficient (Wildman–Crippen LogP) is 0.693. The van der Waals surface area contributed by atoms with Gasteiger partial charge in [0.05, 0.1) is 6.54 Å². The van der Waals surface area contributed by atoms with Gasteiger partial charge < -0.3 is 14.5 Å². The van der Waals surface area contributed by atoms with Crippen LogP contribution in [0, 0.1) is 0 Å². The molecular formula is C15H16N4O5. The topological polar surface area (TPSA) is 115 Å². The second-order valence-corrected chi connectivity index (χ2v) is 4.59. The van der Waals surface area contributed by atoms with Crippen LogP contribution < -0.4 is 10.6 Å². The molecule has 9 nitrogen and oxygen atoms in total. The van der Waals surface area contributed by atoms with Gasteiger partial charge in [-0.3, -0.25) is 14.8 Å². The maximum absolute atomic E-state index is 11.8. The summed E-state index contributed by atoms with van der Waals surface area (Å²) in [6.07, 6.45) is 4.84. The van der Waals surface area contributed by atoms with Gasteiger partial charge >= 0.3 is 12.0 Å². The number of hydrogen-bond acceptors (Lipinski definition) is 6. The molecule has 24 heavy (non-hydrogen) atoms. The molecule has 9 heteroatoms. The lowest BCUT2D eigenvalue weighted by Crippen LogP contribution is -2.41. The number of aromatic nitrogens is 2. The van der Waals surface area contributed by atoms with Crippen LogP contribution in [0.2, 0.25) is 0 Å². The number of nitrogens with zero attached hydrogens (tertiary/aromatic N) is 2. The summed E-state index contributed by atoms with van der Waals surface area (Å²) in [7, 11) is 0. The third-order valence-corrected chi connectivity index (χ3v) is 2.73. The molecule has 2 N–H and O–H groups in total. The maximum atomic E-state index is 11.8. The monoisotopic (exact) mass is 332 g/mol. The van der Waals surface area contributed by atoms with E-state index in [1.807, 2.05) is 5.32 Å². The summed E-state index contributed by atoms with van der Waals surface area (Å²) < 4.78 is 11.7. The van der Waals surface area contributed by atoms with E-state index in [9.17, 15) is 14.4 Å². The molecule has 0 bridgehead atoms. The first-order valence-corrected chi connectivity index (χ1v) is 7.00. The molecule has 2 rings (SSSR count). The van der Waals surface area contributed by atoms with Gasteiger partial charge in [0.2, 0.25) is 5.76 Å². The van der Waals surface area contributed by atoms with Gasteiger partial charge in [-0.05, 0) is 18.2 Å². The summed E-state index contributed by atoms with van der Waals surface area (Å²) >= 11 is 0. The second kappa shape index (κ2) is 8.32. The molecule has 2 heterocycles. The second-order valence-electron chi connectivity index (χ2n) is 4.59. The van der Waals surface area contributed by atoms with Gasteiger partial charge in [-0.25, -0.2) is 9.59 Å². The fourth-order valence-corrected chi connectivity index (χ4v) is 1.70. The van der Waals surface area contributed by atoms with Crippen molar-refractivity contribution < 1.29 is 23.5 Å². The lowest BCUT2D eigenvalue weighted by atomic mass is 10.4. The Balaban J connectivity index is 1.78. The number of rotatable bonds is 7. The van der Waals surface area contributed by atoms with Gasteiger partial charge in [0.25, 0.3) is 5.91 Å². The Hall–Kier alpha value is -3.36. The van der Waals surface area contributed by atoms with Crippen LogP contribution in [0.3, 0.4) is 0 Å². The number of urea groups is 1. The van der Waals surface area contributed by atoms with Crippen LogP contribution in [0.15, 0.2) is 47.7 Å². The molecular weight excluding hydrogens is 316 g/mol. The molecule has 0 unspecified atom stereocenters. The van der Waals surface area contributed by atoms with Crippen molar-refractivity contribution in [2.24, 2.45) is 0 Å². The smallest absolute Gasteiger partial charge is 0.374 e. The number of furan rings is 1. The number of amides is 3. The van der Waals surface area contributed by atoms with Crippen LogP contribution in [-0.4, -0.2) is 40.8 Å². The Morgan fingerprint density at radius 1 is 1.38 bits per heavy atom. The molecule has 0 fully saturated rings. The Labute approximate surface area is 137 Å². The van der Waals surface area contributed by atoms with E-state index < -0.39 is 24.5 Å². The van der Waals surface area contributed by atoms with Crippen molar-refractivity contribution >= 4 is 17.9 Å². The van der Waals surface area contributed by atoms with Crippen LogP contribution in [-0.2, 0) is 16.1 Å². The molecule has 2 aromatic rings. The van der Waals surface area contributed by atoms with Crippen LogP contribution in [0.1, 0.15) is 16.3 Å². The van der Waals surface area contributed by atoms with Crippen LogP contribution in [0.4, 0.5) is 4.79 Å². The Bertz CT molecular complexity index is 720. The molecule has 0 radical (unpaired) electrons. The van der Waals surface area contributed by atoms with Gasteiger partial charge in [0.15, 0.2) is 6.61 Å². The molecule has 0 atom stereocenters. The minimum absolute atomic E-state index is 0.0407. The number of esters is 1. The number of imide groups is 1. The normalized spacial score (nSPS) is 10.0. The van der Waals surface area contributed by atoms with E-state index in [0.29, 0.717) is 12.3 Å². The van der Waals surface area contributed by atoms with Crippen molar-refractivity contribution in [2.45, 2.75) is 6.54 Å². The maximum Gasteiger partial charge on any atom is 0.374 e. The van der Waals surface area contributed by atoms with Crippen molar-refractivity contribution in [1.29, 1.82) is 0 Å². The Morgan fingerprint density at radius 3 is 2.92 bits per heavy atom. The number of hydrogen-bond donors (Lipinski definition) is 2. The van der Waals surface area contributed by atoms with Gasteiger partial charge in [0.1, 0.15) is 5.76 Å². The predicted molar refractivity (Wildman–Crippen MR) is 82.1 cm³/mol. The summed E-state index contributed by atoms with van der Waals surface area (Å²) in [5.74, 6) is -1.09. The number of ether oxygens (including phenoxy) is 1. The van der Waals surface area contributed by atoms with E-state index in [1.165, 1.54) is 12.1 Å². The third-order valence-electron chi connectivity index (χ3n) is 2.73. The van der Waals surface area contributed by atoms with Crippen molar-refractivity contribution in [1.82, 2.24) is 20.4 Å². The van der Waals surface area contributed by atoms with E-state index in [-0.39, 0.29) is 12.3 Å². The van der Waals surface area contributed by atoms with Gasteiger partial charge in [-0.15, -0.1) is 6.58 Å². The molecule has 0 aliphatic carbocycles. The molecule has 0 aliphatic heterocycles. The van der Waals surface area contributed by atoms with Crippen LogP contribution in [0.5, 0.6) is 0 Å². The standard InChI is InChI=1S/C15H16N4O5/c1-2-6-16-15(22)18-13(20)10-23-14(21)12-5-4-11(24-12)9-19-8-3-7-17-19/h2-5,7-8H,1,6,9-10H2,(H2,16,18,20,22). The van der Waals surface area contributed by atoms with E-state index in [1.54, 1.807) is 29.2 Å². The average Bonchev–Trinajstić information content (AvgIpc) is 3.23. The summed E-state index contributed by atoms with van der Waals surface area (Å²) in [5, 5.41) is 8.37. The largest absolute Gasteiger partial charge is 0.452 e. The fourth-order valence-electron chi connectivity index (χ4n) is 1.70. The van der Waals surface area contributed by atoms with Gasteiger partial charge in [-0.1, -0.05) is 6.08 Å². The number of carbonyl (C=O) groups excluding carboxylic acids is 3. The average molecular weight is 332 g/mol. The zero-order chi connectivity index (χ0) is 17.4. The van der Waals surface area contributed by atoms with Crippen molar-refractivity contribution in [3.63, 3.8) is 0 Å². The highest BCUT2D eigenvalue weighted by Crippen LogP contribution is 2.10. The highest BCUT2D eigenvalue weighted by molar-refractivity contribution is 5.96. The lowest BCUT2D eigenvalue weighted by Gasteiger charge is -2.05. The first-order chi connectivity index (χ1) is 11.6. The molecule has 0 aromatic carbocycles. The van der Waals surface area contributed by atoms with Crippen LogP contribution >= 0.6 is 0 Å². The minimum atomic E-state index is -0.802. The summed E-state index contributed by atoms with van der Waals surface area (Å²) in [6, 6.07) is 4.12. The van der Waals surface area contributed by atoms with Crippen molar-refractivity contribution in [3.8, 4) is 0 Å². The molecule has 2 aromatic heterocycles. The Kier molecular flexibility index (Phi) is 5.89. The highest BCUT2D eigenvalue weighted by Gasteiger charge is 2.15. The molecule has 0 saturated carbocycles. The third kappa shape index (κ3) is 5.13. The van der Waals surface area contributed by atoms with E-state index in [4.69, 9.17) is 9.15 Å². The van der Waals surface area contributed by atoms with E-state index >= 15 is 0 Å². The molecule has 0 spiro atoms. The van der Waals surface area contributed by atoms with E-state index in [2.05, 4.69) is 17.0 Å². The summed E-state index contributed by atoms with van der Waals surface area (Å²) in [4.78, 5) is 34.5. The molecule has 0 saturated heterocycles. The minimum Gasteiger partial charge on any atom is -0.452 e. The first kappa shape index (κ1) is 17.0. The van der Waals surface area contributed by atoms with Crippen LogP contribution in [0.25, 0.3) is 0 Å². The van der Waals surface area contributed by atoms with Crippen molar-refractivity contribution in [3.05, 3.63) is 54.8 Å². The molecule has 126 valence electrons. The van der Waals surface area contributed by atoms with Gasteiger partial charge in [-0.2, -0.15) is 5.10 Å².